The van der Waals surface area contributed by atoms with Crippen molar-refractivity contribution in [2.45, 2.75) is 0 Å². The second-order valence-electron chi connectivity index (χ2n) is 2.53. The van der Waals surface area contributed by atoms with E-state index < -0.39 is 0 Å². The Morgan fingerprint density at radius 1 is 1.80 bits per heavy atom. The molecule has 7 heteroatoms. The van der Waals surface area contributed by atoms with Gasteiger partial charge in [-0.1, -0.05) is 5.11 Å². The van der Waals surface area contributed by atoms with E-state index in [0.29, 0.717) is 17.2 Å². The molecule has 0 radical (unpaired) electrons. The first-order chi connectivity index (χ1) is 7.29. The van der Waals surface area contributed by atoms with Crippen LogP contribution < -0.4 is 10.1 Å². The Kier molecular flexibility index (Phi) is 4.46. The van der Waals surface area contributed by atoms with Crippen LogP contribution in [0.1, 0.15) is 9.67 Å². The van der Waals surface area contributed by atoms with Crippen molar-refractivity contribution >= 4 is 17.2 Å². The summed E-state index contributed by atoms with van der Waals surface area (Å²) < 4.78 is 5.00. The number of amides is 1. The maximum absolute atomic E-state index is 11.5. The Bertz CT molecular complexity index is 384. The lowest BCUT2D eigenvalue weighted by Gasteiger charge is -2.02. The molecule has 0 fully saturated rings. The first kappa shape index (κ1) is 11.4. The molecule has 0 aliphatic heterocycles. The Morgan fingerprint density at radius 2 is 2.60 bits per heavy atom. The molecule has 80 valence electrons. The van der Waals surface area contributed by atoms with Gasteiger partial charge in [0.25, 0.3) is 5.91 Å². The fourth-order valence-electron chi connectivity index (χ4n) is 0.968. The smallest absolute Gasteiger partial charge is 0.265 e. The van der Waals surface area contributed by atoms with Crippen molar-refractivity contribution in [3.8, 4) is 5.75 Å². The number of azide groups is 1. The topological polar surface area (TPSA) is 87.1 Å². The zero-order valence-corrected chi connectivity index (χ0v) is 8.95. The average Bonchev–Trinajstić information content (AvgIpc) is 2.72. The summed E-state index contributed by atoms with van der Waals surface area (Å²) in [6, 6.07) is 1.73. The van der Waals surface area contributed by atoms with E-state index in [1.807, 2.05) is 0 Å². The van der Waals surface area contributed by atoms with Gasteiger partial charge in [-0.2, -0.15) is 0 Å². The lowest BCUT2D eigenvalue weighted by atomic mass is 10.4. The van der Waals surface area contributed by atoms with Crippen LogP contribution >= 0.6 is 11.3 Å². The van der Waals surface area contributed by atoms with Crippen LogP contribution in [0.25, 0.3) is 10.4 Å². The average molecular weight is 226 g/mol. The molecule has 1 heterocycles. The third kappa shape index (κ3) is 3.16. The van der Waals surface area contributed by atoms with Gasteiger partial charge in [0.05, 0.1) is 7.11 Å². The van der Waals surface area contributed by atoms with E-state index >= 15 is 0 Å². The molecule has 0 saturated carbocycles. The number of nitrogens with zero attached hydrogens (tertiary/aromatic N) is 3. The highest BCUT2D eigenvalue weighted by Crippen LogP contribution is 2.23. The van der Waals surface area contributed by atoms with Crippen LogP contribution in [0.5, 0.6) is 5.75 Å². The third-order valence-electron chi connectivity index (χ3n) is 1.62. The minimum atomic E-state index is -0.213. The normalized spacial score (nSPS) is 9.13. The third-order valence-corrected chi connectivity index (χ3v) is 2.51. The standard InChI is InChI=1S/C8H10N4O2S/c1-14-6-2-5-15-7(6)8(13)10-3-4-11-12-9/h2,5H,3-4H2,1H3,(H,10,13). The lowest BCUT2D eigenvalue weighted by Crippen LogP contribution is -2.25. The molecule has 0 unspecified atom stereocenters. The Labute approximate surface area is 90.5 Å². The van der Waals surface area contributed by atoms with Crippen LogP contribution in [0.15, 0.2) is 16.6 Å². The SMILES string of the molecule is COc1ccsc1C(=O)NCCN=[N+]=[N-]. The monoisotopic (exact) mass is 226 g/mol. The Hall–Kier alpha value is -1.72. The lowest BCUT2D eigenvalue weighted by molar-refractivity contribution is 0.0956. The van der Waals surface area contributed by atoms with Gasteiger partial charge in [-0.05, 0) is 17.0 Å². The summed E-state index contributed by atoms with van der Waals surface area (Å²) in [5, 5.41) is 7.71. The fourth-order valence-corrected chi connectivity index (χ4v) is 1.74. The van der Waals surface area contributed by atoms with E-state index in [0.717, 1.165) is 0 Å². The quantitative estimate of drug-likeness (QED) is 0.359. The molecule has 0 spiro atoms. The van der Waals surface area contributed by atoms with Gasteiger partial charge in [0.2, 0.25) is 0 Å². The number of hydrogen-bond donors (Lipinski definition) is 1. The molecule has 1 aromatic rings. The van der Waals surface area contributed by atoms with Gasteiger partial charge in [0, 0.05) is 18.0 Å². The highest BCUT2D eigenvalue weighted by Gasteiger charge is 2.12. The molecule has 6 nitrogen and oxygen atoms in total. The summed E-state index contributed by atoms with van der Waals surface area (Å²) in [6.07, 6.45) is 0. The maximum Gasteiger partial charge on any atom is 0.265 e. The number of carbonyl (C=O) groups is 1. The van der Waals surface area contributed by atoms with Gasteiger partial charge in [-0.15, -0.1) is 11.3 Å². The van der Waals surface area contributed by atoms with E-state index in [4.69, 9.17) is 10.3 Å². The largest absolute Gasteiger partial charge is 0.495 e. The molecule has 0 aromatic carbocycles. The van der Waals surface area contributed by atoms with Crippen molar-refractivity contribution in [1.29, 1.82) is 0 Å². The van der Waals surface area contributed by atoms with Crippen LogP contribution in [-0.2, 0) is 0 Å². The molecule has 0 bridgehead atoms. The van der Waals surface area contributed by atoms with Crippen molar-refractivity contribution in [3.63, 3.8) is 0 Å². The number of ether oxygens (including phenoxy) is 1. The highest BCUT2D eigenvalue weighted by atomic mass is 32.1. The van der Waals surface area contributed by atoms with Crippen molar-refractivity contribution in [2.24, 2.45) is 5.11 Å². The molecule has 0 aliphatic rings. The van der Waals surface area contributed by atoms with Crippen molar-refractivity contribution in [3.05, 3.63) is 26.8 Å². The zero-order chi connectivity index (χ0) is 11.1. The van der Waals surface area contributed by atoms with Crippen LogP contribution in [0, 0.1) is 0 Å². The molecule has 0 aliphatic carbocycles. The number of rotatable bonds is 5. The van der Waals surface area contributed by atoms with Gasteiger partial charge in [-0.25, -0.2) is 0 Å². The molecule has 1 N–H and O–H groups in total. The van der Waals surface area contributed by atoms with Crippen LogP contribution in [-0.4, -0.2) is 26.1 Å². The summed E-state index contributed by atoms with van der Waals surface area (Å²) in [5.74, 6) is 0.344. The van der Waals surface area contributed by atoms with E-state index in [1.165, 1.54) is 18.4 Å². The summed E-state index contributed by atoms with van der Waals surface area (Å²) in [4.78, 5) is 14.6. The predicted octanol–water partition coefficient (Wildman–Crippen LogP) is 1.80. The number of hydrogen-bond acceptors (Lipinski definition) is 4. The second-order valence-corrected chi connectivity index (χ2v) is 3.44. The van der Waals surface area contributed by atoms with E-state index in [1.54, 1.807) is 11.4 Å². The zero-order valence-electron chi connectivity index (χ0n) is 8.14. The van der Waals surface area contributed by atoms with Crippen LogP contribution in [0.3, 0.4) is 0 Å². The molecule has 0 atom stereocenters. The number of nitrogens with one attached hydrogen (secondary N) is 1. The van der Waals surface area contributed by atoms with Gasteiger partial charge < -0.3 is 10.1 Å². The minimum absolute atomic E-state index is 0.213. The van der Waals surface area contributed by atoms with Crippen LogP contribution in [0.2, 0.25) is 0 Å². The van der Waals surface area contributed by atoms with E-state index in [2.05, 4.69) is 15.3 Å². The van der Waals surface area contributed by atoms with Crippen molar-refractivity contribution < 1.29 is 9.53 Å². The summed E-state index contributed by atoms with van der Waals surface area (Å²) in [7, 11) is 1.51. The highest BCUT2D eigenvalue weighted by molar-refractivity contribution is 7.12. The minimum Gasteiger partial charge on any atom is -0.495 e. The van der Waals surface area contributed by atoms with Crippen molar-refractivity contribution in [2.75, 3.05) is 20.2 Å². The molecule has 0 saturated heterocycles. The Balaban J connectivity index is 2.50. The molecule has 15 heavy (non-hydrogen) atoms. The molecule has 1 rings (SSSR count). The maximum atomic E-state index is 11.5. The second kappa shape index (κ2) is 5.90. The Morgan fingerprint density at radius 3 is 3.27 bits per heavy atom. The number of thiophene rings is 1. The fraction of sp³-hybridized carbons (Fsp3) is 0.375. The van der Waals surface area contributed by atoms with Gasteiger partial charge in [0.1, 0.15) is 10.6 Å². The van der Waals surface area contributed by atoms with Gasteiger partial charge in [0.15, 0.2) is 0 Å². The van der Waals surface area contributed by atoms with E-state index in [-0.39, 0.29) is 12.5 Å². The number of carbonyl (C=O) groups excluding carboxylic acids is 1. The van der Waals surface area contributed by atoms with Gasteiger partial charge in [-0.3, -0.25) is 4.79 Å². The number of methoxy groups -OCH3 is 1. The summed E-state index contributed by atoms with van der Waals surface area (Å²) >= 11 is 1.31. The van der Waals surface area contributed by atoms with Crippen LogP contribution in [0.4, 0.5) is 0 Å². The first-order valence-electron chi connectivity index (χ1n) is 4.20. The first-order valence-corrected chi connectivity index (χ1v) is 5.08. The van der Waals surface area contributed by atoms with Gasteiger partial charge >= 0.3 is 0 Å². The molecular weight excluding hydrogens is 216 g/mol. The molecule has 1 amide bonds. The molecular formula is C8H10N4O2S. The van der Waals surface area contributed by atoms with Crippen molar-refractivity contribution in [1.82, 2.24) is 5.32 Å². The summed E-state index contributed by atoms with van der Waals surface area (Å²) in [6.45, 7) is 0.569. The predicted molar refractivity (Wildman–Crippen MR) is 57.2 cm³/mol. The molecule has 1 aromatic heterocycles. The summed E-state index contributed by atoms with van der Waals surface area (Å²) in [5.41, 5.74) is 8.03. The van der Waals surface area contributed by atoms with E-state index in [9.17, 15) is 4.79 Å².